The zero-order valence-corrected chi connectivity index (χ0v) is 20.0. The highest BCUT2D eigenvalue weighted by atomic mass is 16.5. The van der Waals surface area contributed by atoms with Crippen LogP contribution in [0.3, 0.4) is 0 Å². The Hall–Kier alpha value is -2.83. The molecule has 2 aromatic rings. The number of H-pyrrole nitrogens is 1. The highest BCUT2D eigenvalue weighted by Gasteiger charge is 2.18. The fourth-order valence-corrected chi connectivity index (χ4v) is 4.06. The number of aryl methyl sites for hydroxylation is 1. The molecule has 0 amide bonds. The van der Waals surface area contributed by atoms with Crippen LogP contribution >= 0.6 is 0 Å². The summed E-state index contributed by atoms with van der Waals surface area (Å²) in [6.07, 6.45) is 5.93. The number of rotatable bonds is 8. The van der Waals surface area contributed by atoms with E-state index >= 15 is 0 Å². The molecule has 1 aliphatic rings. The van der Waals surface area contributed by atoms with Crippen molar-refractivity contribution in [3.8, 4) is 17.1 Å². The summed E-state index contributed by atoms with van der Waals surface area (Å²) >= 11 is 0. The first-order valence-corrected chi connectivity index (χ1v) is 12.1. The van der Waals surface area contributed by atoms with Gasteiger partial charge in [-0.25, -0.2) is 4.98 Å². The standard InChI is InChI=1S/C25H37N5O2/c1-5-16-32-22-13-12-18(27-25(26-8-4)30-14-10-9-11-15-30)17-20(22)23-28-21(7-3)19(6-2)24(31)29-23/h12-13,17H,5-11,14-16H2,1-4H3,(H,26,27)(H,28,29,31). The van der Waals surface area contributed by atoms with E-state index in [9.17, 15) is 4.79 Å². The minimum atomic E-state index is -0.0734. The van der Waals surface area contributed by atoms with Crippen LogP contribution in [0.4, 0.5) is 5.69 Å². The molecule has 0 radical (unpaired) electrons. The van der Waals surface area contributed by atoms with E-state index in [2.05, 4.69) is 29.0 Å². The molecule has 0 saturated carbocycles. The highest BCUT2D eigenvalue weighted by molar-refractivity contribution is 5.94. The zero-order valence-electron chi connectivity index (χ0n) is 20.0. The molecule has 0 aliphatic carbocycles. The largest absolute Gasteiger partial charge is 0.493 e. The number of nitrogens with one attached hydrogen (secondary N) is 2. The van der Waals surface area contributed by atoms with Gasteiger partial charge in [0.2, 0.25) is 0 Å². The molecule has 1 aromatic heterocycles. The van der Waals surface area contributed by atoms with Gasteiger partial charge in [-0.05, 0) is 63.6 Å². The second kappa shape index (κ2) is 11.7. The Balaban J connectivity index is 2.01. The number of ether oxygens (including phenoxy) is 1. The van der Waals surface area contributed by atoms with Crippen LogP contribution < -0.4 is 15.6 Å². The summed E-state index contributed by atoms with van der Waals surface area (Å²) in [5, 5.41) is 3.51. The van der Waals surface area contributed by atoms with Crippen LogP contribution in [0, 0.1) is 0 Å². The maximum Gasteiger partial charge on any atom is 0.254 e. The van der Waals surface area contributed by atoms with Gasteiger partial charge in [0.15, 0.2) is 5.96 Å². The van der Waals surface area contributed by atoms with Crippen molar-refractivity contribution in [3.63, 3.8) is 0 Å². The Morgan fingerprint density at radius 2 is 1.94 bits per heavy atom. The van der Waals surface area contributed by atoms with Crippen molar-refractivity contribution in [1.82, 2.24) is 14.9 Å². The Morgan fingerprint density at radius 1 is 1.16 bits per heavy atom. The first-order chi connectivity index (χ1) is 15.6. The smallest absolute Gasteiger partial charge is 0.254 e. The quantitative estimate of drug-likeness (QED) is 0.463. The van der Waals surface area contributed by atoms with Crippen LogP contribution in [0.2, 0.25) is 0 Å². The number of aromatic nitrogens is 2. The number of anilines is 1. The van der Waals surface area contributed by atoms with E-state index in [0.29, 0.717) is 25.3 Å². The molecular weight excluding hydrogens is 402 g/mol. The van der Waals surface area contributed by atoms with Crippen LogP contribution in [0.25, 0.3) is 11.4 Å². The third-order valence-corrected chi connectivity index (χ3v) is 5.71. The number of guanidine groups is 1. The third kappa shape index (κ3) is 5.69. The molecule has 0 unspecified atom stereocenters. The van der Waals surface area contributed by atoms with Gasteiger partial charge in [-0.3, -0.25) is 9.79 Å². The monoisotopic (exact) mass is 439 g/mol. The number of likely N-dealkylation sites (tertiary alicyclic amines) is 1. The Kier molecular flexibility index (Phi) is 8.71. The molecule has 3 rings (SSSR count). The van der Waals surface area contributed by atoms with Gasteiger partial charge in [0.25, 0.3) is 5.56 Å². The number of nitrogens with zero attached hydrogens (tertiary/aromatic N) is 3. The molecule has 32 heavy (non-hydrogen) atoms. The van der Waals surface area contributed by atoms with Gasteiger partial charge in [0.05, 0.1) is 17.9 Å². The SMILES string of the molecule is CCCOc1ccc(N/C(=N/CC)N2CCCCC2)cc1-c1nc(CC)c(CC)c(=O)[nH]1. The fraction of sp³-hybridized carbons (Fsp3) is 0.560. The highest BCUT2D eigenvalue weighted by Crippen LogP contribution is 2.31. The zero-order chi connectivity index (χ0) is 22.9. The first-order valence-electron chi connectivity index (χ1n) is 12.1. The molecule has 1 aromatic carbocycles. The lowest BCUT2D eigenvalue weighted by Crippen LogP contribution is -2.40. The van der Waals surface area contributed by atoms with Crippen LogP contribution in [-0.4, -0.2) is 47.1 Å². The maximum absolute atomic E-state index is 12.7. The van der Waals surface area contributed by atoms with Crippen molar-refractivity contribution in [2.24, 2.45) is 4.99 Å². The summed E-state index contributed by atoms with van der Waals surface area (Å²) in [5.41, 5.74) is 3.21. The van der Waals surface area contributed by atoms with Crippen molar-refractivity contribution >= 4 is 11.6 Å². The topological polar surface area (TPSA) is 82.6 Å². The number of benzene rings is 1. The molecule has 7 heteroatoms. The fourth-order valence-electron chi connectivity index (χ4n) is 4.06. The Morgan fingerprint density at radius 3 is 2.59 bits per heavy atom. The molecule has 1 aliphatic heterocycles. The summed E-state index contributed by atoms with van der Waals surface area (Å²) < 4.78 is 6.00. The van der Waals surface area contributed by atoms with Crippen LogP contribution in [-0.2, 0) is 12.8 Å². The number of aromatic amines is 1. The van der Waals surface area contributed by atoms with Gasteiger partial charge >= 0.3 is 0 Å². The van der Waals surface area contributed by atoms with E-state index < -0.39 is 0 Å². The summed E-state index contributed by atoms with van der Waals surface area (Å²) in [6.45, 7) is 11.5. The predicted octanol–water partition coefficient (Wildman–Crippen LogP) is 4.62. The molecule has 0 bridgehead atoms. The van der Waals surface area contributed by atoms with Crippen molar-refractivity contribution in [2.45, 2.75) is 66.2 Å². The lowest BCUT2D eigenvalue weighted by molar-refractivity contribution is 0.318. The molecule has 7 nitrogen and oxygen atoms in total. The van der Waals surface area contributed by atoms with E-state index in [1.807, 2.05) is 32.0 Å². The average molecular weight is 440 g/mol. The molecule has 1 fully saturated rings. The molecule has 174 valence electrons. The van der Waals surface area contributed by atoms with Crippen LogP contribution in [0.5, 0.6) is 5.75 Å². The van der Waals surface area contributed by atoms with Gasteiger partial charge < -0.3 is 19.9 Å². The van der Waals surface area contributed by atoms with Crippen molar-refractivity contribution in [1.29, 1.82) is 0 Å². The van der Waals surface area contributed by atoms with E-state index in [4.69, 9.17) is 14.7 Å². The summed E-state index contributed by atoms with van der Waals surface area (Å²) in [7, 11) is 0. The number of hydrogen-bond donors (Lipinski definition) is 2. The normalized spacial score (nSPS) is 14.5. The summed E-state index contributed by atoms with van der Waals surface area (Å²) in [5.74, 6) is 2.17. The molecule has 1 saturated heterocycles. The minimum Gasteiger partial charge on any atom is -0.493 e. The molecular formula is C25H37N5O2. The molecule has 2 heterocycles. The lowest BCUT2D eigenvalue weighted by atomic mass is 10.1. The average Bonchev–Trinajstić information content (AvgIpc) is 2.82. The predicted molar refractivity (Wildman–Crippen MR) is 132 cm³/mol. The molecule has 0 atom stereocenters. The number of piperidine rings is 1. The summed E-state index contributed by atoms with van der Waals surface area (Å²) in [4.78, 5) is 27.5. The third-order valence-electron chi connectivity index (χ3n) is 5.71. The maximum atomic E-state index is 12.7. The Bertz CT molecular complexity index is 977. The molecule has 0 spiro atoms. The van der Waals surface area contributed by atoms with Crippen molar-refractivity contribution < 1.29 is 4.74 Å². The second-order valence-electron chi connectivity index (χ2n) is 8.08. The van der Waals surface area contributed by atoms with Crippen LogP contribution in [0.1, 0.15) is 64.6 Å². The van der Waals surface area contributed by atoms with Gasteiger partial charge in [-0.1, -0.05) is 20.8 Å². The number of hydrogen-bond acceptors (Lipinski definition) is 4. The minimum absolute atomic E-state index is 0.0734. The van der Waals surface area contributed by atoms with E-state index in [-0.39, 0.29) is 5.56 Å². The van der Waals surface area contributed by atoms with Crippen LogP contribution in [0.15, 0.2) is 28.0 Å². The lowest BCUT2D eigenvalue weighted by Gasteiger charge is -2.30. The van der Waals surface area contributed by atoms with Gasteiger partial charge in [0.1, 0.15) is 11.6 Å². The van der Waals surface area contributed by atoms with Gasteiger partial charge in [-0.15, -0.1) is 0 Å². The van der Waals surface area contributed by atoms with E-state index in [1.165, 1.54) is 19.3 Å². The molecule has 2 N–H and O–H groups in total. The van der Waals surface area contributed by atoms with Crippen molar-refractivity contribution in [3.05, 3.63) is 39.8 Å². The van der Waals surface area contributed by atoms with E-state index in [1.54, 1.807) is 0 Å². The number of aliphatic imine (C=N–C) groups is 1. The van der Waals surface area contributed by atoms with Gasteiger partial charge in [0, 0.05) is 30.9 Å². The Labute approximate surface area is 191 Å². The van der Waals surface area contributed by atoms with Gasteiger partial charge in [-0.2, -0.15) is 0 Å². The second-order valence-corrected chi connectivity index (χ2v) is 8.08. The van der Waals surface area contributed by atoms with E-state index in [0.717, 1.165) is 60.3 Å². The van der Waals surface area contributed by atoms with Crippen molar-refractivity contribution in [2.75, 3.05) is 31.6 Å². The first kappa shape index (κ1) is 23.8. The summed E-state index contributed by atoms with van der Waals surface area (Å²) in [6, 6.07) is 5.96.